The van der Waals surface area contributed by atoms with Crippen LogP contribution in [-0.2, 0) is 0 Å². The molecule has 2 saturated heterocycles. The van der Waals surface area contributed by atoms with Crippen molar-refractivity contribution in [2.45, 2.75) is 12.8 Å². The third kappa shape index (κ3) is 3.21. The average molecular weight is 334 g/mol. The molecule has 0 radical (unpaired) electrons. The van der Waals surface area contributed by atoms with Gasteiger partial charge in [-0.05, 0) is 32.0 Å². The molecule has 4 rings (SSSR count). The summed E-state index contributed by atoms with van der Waals surface area (Å²) in [4.78, 5) is 16.9. The first kappa shape index (κ1) is 16.3. The van der Waals surface area contributed by atoms with Gasteiger partial charge in [0.1, 0.15) is 5.82 Å². The lowest BCUT2D eigenvalue weighted by atomic mass is 10.2. The highest BCUT2D eigenvalue weighted by Crippen LogP contribution is 2.29. The molecule has 2 fully saturated rings. The Bertz CT molecular complexity index is 663. The number of piperazine rings is 1. The third-order valence-electron chi connectivity index (χ3n) is 4.76. The van der Waals surface area contributed by atoms with Gasteiger partial charge in [0.25, 0.3) is 0 Å². The maximum absolute atomic E-state index is 4.95. The minimum absolute atomic E-state index is 0. The molecule has 0 N–H and O–H groups in total. The predicted octanol–water partition coefficient (Wildman–Crippen LogP) is 2.40. The largest absolute Gasteiger partial charge is 0.356 e. The van der Waals surface area contributed by atoms with E-state index < -0.39 is 0 Å². The number of hydrogen-bond acceptors (Lipinski definition) is 5. The lowest BCUT2D eigenvalue weighted by Gasteiger charge is -2.33. The highest BCUT2D eigenvalue weighted by molar-refractivity contribution is 5.90. The lowest BCUT2D eigenvalue weighted by Crippen LogP contribution is -2.45. The van der Waals surface area contributed by atoms with Crippen LogP contribution in [0.5, 0.6) is 0 Å². The number of aromatic nitrogens is 2. The topological polar surface area (TPSA) is 35.5 Å². The van der Waals surface area contributed by atoms with E-state index in [9.17, 15) is 0 Å². The molecular formula is C17H24ClN5. The van der Waals surface area contributed by atoms with Crippen molar-refractivity contribution in [2.75, 3.05) is 56.1 Å². The second-order valence-corrected chi connectivity index (χ2v) is 6.35. The van der Waals surface area contributed by atoms with Crippen LogP contribution in [0.2, 0.25) is 0 Å². The molecular weight excluding hydrogens is 310 g/mol. The van der Waals surface area contributed by atoms with Crippen LogP contribution in [0.15, 0.2) is 24.3 Å². The van der Waals surface area contributed by atoms with Crippen LogP contribution in [0.4, 0.5) is 11.8 Å². The number of para-hydroxylation sites is 1. The van der Waals surface area contributed by atoms with Gasteiger partial charge in [-0.15, -0.1) is 12.4 Å². The second-order valence-electron chi connectivity index (χ2n) is 6.35. The maximum atomic E-state index is 4.95. The monoisotopic (exact) mass is 333 g/mol. The summed E-state index contributed by atoms with van der Waals surface area (Å²) in [7, 11) is 2.17. The maximum Gasteiger partial charge on any atom is 0.227 e. The highest BCUT2D eigenvalue weighted by Gasteiger charge is 2.21. The lowest BCUT2D eigenvalue weighted by molar-refractivity contribution is 0.311. The van der Waals surface area contributed by atoms with E-state index in [1.165, 1.54) is 18.2 Å². The summed E-state index contributed by atoms with van der Waals surface area (Å²) in [6.07, 6.45) is 2.53. The molecule has 2 aliphatic rings. The normalized spacial score (nSPS) is 19.2. The summed E-state index contributed by atoms with van der Waals surface area (Å²) in [6.45, 7) is 6.40. The fourth-order valence-corrected chi connectivity index (χ4v) is 3.37. The van der Waals surface area contributed by atoms with E-state index in [2.05, 4.69) is 46.0 Å². The van der Waals surface area contributed by atoms with Gasteiger partial charge in [-0.1, -0.05) is 12.1 Å². The van der Waals surface area contributed by atoms with Gasteiger partial charge >= 0.3 is 0 Å². The molecule has 0 unspecified atom stereocenters. The molecule has 2 aromatic rings. The van der Waals surface area contributed by atoms with Crippen LogP contribution in [0.1, 0.15) is 12.8 Å². The van der Waals surface area contributed by atoms with E-state index in [-0.39, 0.29) is 12.4 Å². The zero-order chi connectivity index (χ0) is 14.9. The molecule has 0 aliphatic carbocycles. The van der Waals surface area contributed by atoms with Crippen LogP contribution in [0.25, 0.3) is 10.9 Å². The molecule has 23 heavy (non-hydrogen) atoms. The molecule has 5 nitrogen and oxygen atoms in total. The van der Waals surface area contributed by atoms with Crippen LogP contribution in [-0.4, -0.2) is 61.2 Å². The number of fused-ring (bicyclic) bond motifs is 1. The van der Waals surface area contributed by atoms with E-state index in [0.29, 0.717) is 0 Å². The van der Waals surface area contributed by atoms with Crippen LogP contribution in [0, 0.1) is 0 Å². The van der Waals surface area contributed by atoms with Crippen molar-refractivity contribution in [3.05, 3.63) is 24.3 Å². The number of anilines is 2. The predicted molar refractivity (Wildman–Crippen MR) is 97.9 cm³/mol. The quantitative estimate of drug-likeness (QED) is 0.843. The first-order valence-electron chi connectivity index (χ1n) is 8.26. The first-order chi connectivity index (χ1) is 10.8. The van der Waals surface area contributed by atoms with Crippen LogP contribution < -0.4 is 9.80 Å². The standard InChI is InChI=1S/C17H23N5.ClH/c1-20-10-12-22(13-11-20)17-18-15-7-3-2-6-14(15)16(19-17)21-8-4-5-9-21;/h2-3,6-7H,4-5,8-13H2,1H3;1H. The number of benzene rings is 1. The summed E-state index contributed by atoms with van der Waals surface area (Å²) in [5.41, 5.74) is 1.06. The van der Waals surface area contributed by atoms with Gasteiger partial charge in [0.05, 0.1) is 5.52 Å². The van der Waals surface area contributed by atoms with Gasteiger partial charge in [-0.3, -0.25) is 0 Å². The number of likely N-dealkylation sites (N-methyl/N-ethyl adjacent to an activating group) is 1. The average Bonchev–Trinajstić information content (AvgIpc) is 3.09. The van der Waals surface area contributed by atoms with Gasteiger partial charge < -0.3 is 14.7 Å². The third-order valence-corrected chi connectivity index (χ3v) is 4.76. The fraction of sp³-hybridized carbons (Fsp3) is 0.529. The Morgan fingerprint density at radius 1 is 0.826 bits per heavy atom. The molecule has 1 aromatic heterocycles. The smallest absolute Gasteiger partial charge is 0.227 e. The van der Waals surface area contributed by atoms with E-state index in [1.54, 1.807) is 0 Å². The van der Waals surface area contributed by atoms with Crippen molar-refractivity contribution in [2.24, 2.45) is 0 Å². The first-order valence-corrected chi connectivity index (χ1v) is 8.26. The van der Waals surface area contributed by atoms with E-state index in [0.717, 1.165) is 56.6 Å². The zero-order valence-electron chi connectivity index (χ0n) is 13.6. The molecule has 2 aliphatic heterocycles. The molecule has 1 aromatic carbocycles. The van der Waals surface area contributed by atoms with Crippen molar-refractivity contribution in [3.8, 4) is 0 Å². The summed E-state index contributed by atoms with van der Waals surface area (Å²) in [5.74, 6) is 2.02. The molecule has 0 saturated carbocycles. The number of rotatable bonds is 2. The van der Waals surface area contributed by atoms with Crippen molar-refractivity contribution in [3.63, 3.8) is 0 Å². The minimum Gasteiger partial charge on any atom is -0.356 e. The summed E-state index contributed by atoms with van der Waals surface area (Å²) in [6, 6.07) is 8.41. The number of hydrogen-bond donors (Lipinski definition) is 0. The summed E-state index contributed by atoms with van der Waals surface area (Å²) in [5, 5.41) is 1.18. The van der Waals surface area contributed by atoms with Crippen molar-refractivity contribution in [1.82, 2.24) is 14.9 Å². The summed E-state index contributed by atoms with van der Waals surface area (Å²) < 4.78 is 0. The van der Waals surface area contributed by atoms with Crippen LogP contribution >= 0.6 is 12.4 Å². The van der Waals surface area contributed by atoms with Gasteiger partial charge in [-0.2, -0.15) is 4.98 Å². The van der Waals surface area contributed by atoms with Crippen molar-refractivity contribution < 1.29 is 0 Å². The zero-order valence-corrected chi connectivity index (χ0v) is 14.4. The molecule has 3 heterocycles. The minimum atomic E-state index is 0. The Kier molecular flexibility index (Phi) is 4.87. The van der Waals surface area contributed by atoms with Gasteiger partial charge in [0, 0.05) is 44.7 Å². The highest BCUT2D eigenvalue weighted by atomic mass is 35.5. The van der Waals surface area contributed by atoms with Crippen molar-refractivity contribution in [1.29, 1.82) is 0 Å². The van der Waals surface area contributed by atoms with Gasteiger partial charge in [0.15, 0.2) is 0 Å². The second kappa shape index (κ2) is 6.89. The Morgan fingerprint density at radius 3 is 2.26 bits per heavy atom. The molecule has 0 amide bonds. The number of nitrogens with zero attached hydrogens (tertiary/aromatic N) is 5. The van der Waals surface area contributed by atoms with Crippen molar-refractivity contribution >= 4 is 35.1 Å². The Hall–Kier alpha value is -1.59. The molecule has 0 atom stereocenters. The number of halogens is 1. The SMILES string of the molecule is CN1CCN(c2nc(N3CCCC3)c3ccccc3n2)CC1.Cl. The Balaban J connectivity index is 0.00000156. The fourth-order valence-electron chi connectivity index (χ4n) is 3.37. The molecule has 124 valence electrons. The van der Waals surface area contributed by atoms with Gasteiger partial charge in [-0.25, -0.2) is 4.98 Å². The Morgan fingerprint density at radius 2 is 1.52 bits per heavy atom. The summed E-state index contributed by atoms with van der Waals surface area (Å²) >= 11 is 0. The van der Waals surface area contributed by atoms with E-state index >= 15 is 0 Å². The molecule has 6 heteroatoms. The van der Waals surface area contributed by atoms with E-state index in [1.807, 2.05) is 0 Å². The van der Waals surface area contributed by atoms with Crippen LogP contribution in [0.3, 0.4) is 0 Å². The molecule has 0 spiro atoms. The Labute approximate surface area is 143 Å². The van der Waals surface area contributed by atoms with Gasteiger partial charge in [0.2, 0.25) is 5.95 Å². The molecule has 0 bridgehead atoms. The van der Waals surface area contributed by atoms with E-state index in [4.69, 9.17) is 9.97 Å².